The van der Waals surface area contributed by atoms with E-state index in [9.17, 15) is 4.79 Å². The highest BCUT2D eigenvalue weighted by atomic mass is 35.5. The minimum absolute atomic E-state index is 0.154. The lowest BCUT2D eigenvalue weighted by Crippen LogP contribution is -2.47. The van der Waals surface area contributed by atoms with Crippen molar-refractivity contribution in [2.75, 3.05) is 65.8 Å². The summed E-state index contributed by atoms with van der Waals surface area (Å²) in [4.78, 5) is 17.9. The number of anilines is 1. The molecular weight excluding hydrogens is 454 g/mol. The molecule has 8 nitrogen and oxygen atoms in total. The Hall–Kier alpha value is -1.58. The van der Waals surface area contributed by atoms with Crippen molar-refractivity contribution >= 4 is 23.2 Å². The van der Waals surface area contributed by atoms with E-state index in [1.54, 1.807) is 19.2 Å². The molecule has 192 valence electrons. The molecule has 0 aliphatic carbocycles. The quantitative estimate of drug-likeness (QED) is 0.405. The van der Waals surface area contributed by atoms with E-state index in [0.717, 1.165) is 57.8 Å². The molecule has 2 aliphatic rings. The van der Waals surface area contributed by atoms with Crippen LogP contribution in [0.1, 0.15) is 48.9 Å². The van der Waals surface area contributed by atoms with Gasteiger partial charge >= 0.3 is 0 Å². The summed E-state index contributed by atoms with van der Waals surface area (Å²) in [5, 5.41) is 3.52. The molecule has 34 heavy (non-hydrogen) atoms. The summed E-state index contributed by atoms with van der Waals surface area (Å²) in [6.07, 6.45) is 6.60. The first-order chi connectivity index (χ1) is 16.4. The number of carbonyl (C=O) groups excluding carboxylic acids is 1. The number of amides is 1. The smallest absolute Gasteiger partial charge is 0.255 e. The maximum Gasteiger partial charge on any atom is 0.255 e. The van der Waals surface area contributed by atoms with Crippen LogP contribution < -0.4 is 21.5 Å². The Morgan fingerprint density at radius 2 is 1.82 bits per heavy atom. The molecule has 1 aromatic rings. The SMILES string of the molecule is COCC(N)CCCN1CCC(CN2CCC(NC(=O)c3cc(Cl)c(N)cc3OC)CC2)CC1. The minimum atomic E-state index is -0.159. The highest BCUT2D eigenvalue weighted by Gasteiger charge is 2.26. The lowest BCUT2D eigenvalue weighted by atomic mass is 9.94. The molecule has 0 spiro atoms. The van der Waals surface area contributed by atoms with Crippen molar-refractivity contribution in [2.45, 2.75) is 50.6 Å². The normalized spacial score (nSPS) is 19.8. The van der Waals surface area contributed by atoms with Crippen molar-refractivity contribution in [3.63, 3.8) is 0 Å². The molecule has 2 aliphatic heterocycles. The number of likely N-dealkylation sites (tertiary alicyclic amines) is 2. The number of nitrogen functional groups attached to an aromatic ring is 1. The maximum atomic E-state index is 12.8. The third kappa shape index (κ3) is 7.99. The van der Waals surface area contributed by atoms with Gasteiger partial charge in [0.1, 0.15) is 5.75 Å². The zero-order valence-corrected chi connectivity index (χ0v) is 21.5. The van der Waals surface area contributed by atoms with Crippen LogP contribution >= 0.6 is 11.6 Å². The second kappa shape index (κ2) is 13.5. The molecule has 0 saturated carbocycles. The highest BCUT2D eigenvalue weighted by molar-refractivity contribution is 6.33. The van der Waals surface area contributed by atoms with Crippen LogP contribution in [0, 0.1) is 5.92 Å². The first kappa shape index (κ1) is 27.0. The van der Waals surface area contributed by atoms with Crippen molar-refractivity contribution in [1.29, 1.82) is 0 Å². The zero-order chi connectivity index (χ0) is 24.5. The van der Waals surface area contributed by atoms with Gasteiger partial charge in [-0.05, 0) is 70.1 Å². The molecule has 0 radical (unpaired) electrons. The van der Waals surface area contributed by atoms with Gasteiger partial charge in [0.05, 0.1) is 30.0 Å². The number of nitrogens with two attached hydrogens (primary N) is 2. The molecule has 9 heteroatoms. The number of ether oxygens (including phenoxy) is 2. The van der Waals surface area contributed by atoms with Gasteiger partial charge in [-0.1, -0.05) is 11.6 Å². The molecule has 1 unspecified atom stereocenters. The highest BCUT2D eigenvalue weighted by Crippen LogP contribution is 2.29. The molecule has 3 rings (SSSR count). The summed E-state index contributed by atoms with van der Waals surface area (Å²) in [6, 6.07) is 3.50. The minimum Gasteiger partial charge on any atom is -0.496 e. The molecular formula is C25H42ClN5O3. The number of nitrogens with zero attached hydrogens (tertiary/aromatic N) is 2. The number of hydrogen-bond donors (Lipinski definition) is 3. The van der Waals surface area contributed by atoms with Crippen LogP contribution in [0.15, 0.2) is 12.1 Å². The van der Waals surface area contributed by atoms with Gasteiger partial charge in [-0.25, -0.2) is 0 Å². The molecule has 1 aromatic carbocycles. The average molecular weight is 496 g/mol. The number of piperidine rings is 2. The predicted molar refractivity (Wildman–Crippen MR) is 138 cm³/mol. The summed E-state index contributed by atoms with van der Waals surface area (Å²) in [5.74, 6) is 1.05. The van der Waals surface area contributed by atoms with Crippen molar-refractivity contribution in [2.24, 2.45) is 11.7 Å². The van der Waals surface area contributed by atoms with Gasteiger partial charge in [0, 0.05) is 44.9 Å². The Bertz CT molecular complexity index is 780. The molecule has 2 heterocycles. The summed E-state index contributed by atoms with van der Waals surface area (Å²) >= 11 is 6.12. The first-order valence-electron chi connectivity index (χ1n) is 12.5. The van der Waals surface area contributed by atoms with E-state index in [-0.39, 0.29) is 18.0 Å². The van der Waals surface area contributed by atoms with Gasteiger partial charge in [-0.15, -0.1) is 0 Å². The lowest BCUT2D eigenvalue weighted by molar-refractivity contribution is 0.0887. The fourth-order valence-electron chi connectivity index (χ4n) is 5.07. The monoisotopic (exact) mass is 495 g/mol. The number of nitrogens with one attached hydrogen (secondary N) is 1. The standard InChI is InChI=1S/C25H42ClN5O3/c1-33-17-19(27)4-3-9-30-10-5-18(6-11-30)16-31-12-7-20(8-13-31)29-25(32)21-14-22(26)23(28)15-24(21)34-2/h14-15,18-20H,3-13,16-17,27-28H2,1-2H3,(H,29,32). The zero-order valence-electron chi connectivity index (χ0n) is 20.7. The van der Waals surface area contributed by atoms with Crippen LogP contribution in [0.2, 0.25) is 5.02 Å². The molecule has 5 N–H and O–H groups in total. The summed E-state index contributed by atoms with van der Waals surface area (Å²) in [6.45, 7) is 7.34. The van der Waals surface area contributed by atoms with Gasteiger partial charge in [-0.3, -0.25) is 4.79 Å². The molecule has 1 amide bonds. The molecule has 0 aromatic heterocycles. The second-order valence-corrected chi connectivity index (χ2v) is 10.2. The molecule has 2 saturated heterocycles. The van der Waals surface area contributed by atoms with E-state index in [1.807, 2.05) is 0 Å². The number of rotatable bonds is 11. The number of hydrogen-bond acceptors (Lipinski definition) is 7. The van der Waals surface area contributed by atoms with Crippen molar-refractivity contribution in [3.8, 4) is 5.75 Å². The van der Waals surface area contributed by atoms with Crippen LogP contribution in [0.3, 0.4) is 0 Å². The first-order valence-corrected chi connectivity index (χ1v) is 12.9. The van der Waals surface area contributed by atoms with Crippen LogP contribution in [0.5, 0.6) is 5.75 Å². The number of carbonyl (C=O) groups is 1. The Morgan fingerprint density at radius 3 is 2.47 bits per heavy atom. The molecule has 0 bridgehead atoms. The summed E-state index contributed by atoms with van der Waals surface area (Å²) in [7, 11) is 3.24. The van der Waals surface area contributed by atoms with Gasteiger partial charge in [0.2, 0.25) is 0 Å². The van der Waals surface area contributed by atoms with Crippen molar-refractivity contribution < 1.29 is 14.3 Å². The van der Waals surface area contributed by atoms with E-state index in [2.05, 4.69) is 15.1 Å². The number of halogens is 1. The molecule has 1 atom stereocenters. The van der Waals surface area contributed by atoms with Gasteiger partial charge in [0.15, 0.2) is 0 Å². The fourth-order valence-corrected chi connectivity index (χ4v) is 5.23. The van der Waals surface area contributed by atoms with Gasteiger partial charge in [-0.2, -0.15) is 0 Å². The summed E-state index contributed by atoms with van der Waals surface area (Å²) < 4.78 is 10.4. The Balaban J connectivity index is 1.34. The third-order valence-corrected chi connectivity index (χ3v) is 7.47. The largest absolute Gasteiger partial charge is 0.496 e. The number of benzene rings is 1. The van der Waals surface area contributed by atoms with Crippen LogP contribution in [0.4, 0.5) is 5.69 Å². The maximum absolute atomic E-state index is 12.8. The van der Waals surface area contributed by atoms with Crippen LogP contribution in [0.25, 0.3) is 0 Å². The average Bonchev–Trinajstić information content (AvgIpc) is 2.83. The topological polar surface area (TPSA) is 106 Å². The van der Waals surface area contributed by atoms with Crippen LogP contribution in [-0.4, -0.2) is 87.9 Å². The van der Waals surface area contributed by atoms with E-state index >= 15 is 0 Å². The lowest BCUT2D eigenvalue weighted by Gasteiger charge is -2.38. The predicted octanol–water partition coefficient (Wildman–Crippen LogP) is 2.59. The van der Waals surface area contributed by atoms with E-state index < -0.39 is 0 Å². The Morgan fingerprint density at radius 1 is 1.15 bits per heavy atom. The van der Waals surface area contributed by atoms with Crippen molar-refractivity contribution in [3.05, 3.63) is 22.7 Å². The second-order valence-electron chi connectivity index (χ2n) is 9.77. The Kier molecular flexibility index (Phi) is 10.7. The summed E-state index contributed by atoms with van der Waals surface area (Å²) in [5.41, 5.74) is 12.7. The Labute approximate surface area is 209 Å². The third-order valence-electron chi connectivity index (χ3n) is 7.14. The van der Waals surface area contributed by atoms with E-state index in [1.165, 1.54) is 33.0 Å². The van der Waals surface area contributed by atoms with E-state index in [4.69, 9.17) is 32.5 Å². The van der Waals surface area contributed by atoms with Gasteiger partial charge < -0.3 is 36.1 Å². The van der Waals surface area contributed by atoms with Crippen molar-refractivity contribution in [1.82, 2.24) is 15.1 Å². The van der Waals surface area contributed by atoms with Crippen LogP contribution in [-0.2, 0) is 4.74 Å². The van der Waals surface area contributed by atoms with E-state index in [0.29, 0.717) is 28.6 Å². The molecule has 2 fully saturated rings. The number of methoxy groups -OCH3 is 2. The van der Waals surface area contributed by atoms with Gasteiger partial charge in [0.25, 0.3) is 5.91 Å². The fraction of sp³-hybridized carbons (Fsp3) is 0.720.